The van der Waals surface area contributed by atoms with Gasteiger partial charge in [0.15, 0.2) is 0 Å². The molecular formula is C19H35N4O5. The van der Waals surface area contributed by atoms with Gasteiger partial charge in [-0.05, 0) is 38.5 Å². The molecule has 0 aromatic rings. The van der Waals surface area contributed by atoms with Crippen LogP contribution in [0, 0.1) is 11.8 Å². The lowest BCUT2D eigenvalue weighted by Crippen LogP contribution is -2.57. The molecule has 0 bridgehead atoms. The number of rotatable bonds is 12. The first-order valence-electron chi connectivity index (χ1n) is 9.61. The SMILES string of the molecule is CC(C)C[C@@H]([C]=O)NC(=O)[C@H](CC(C)C)NC(=O)[C@H](C)NC(=O)[C@@H](N)[C@@H](C)O. The summed E-state index contributed by atoms with van der Waals surface area (Å²) in [7, 11) is 0. The summed E-state index contributed by atoms with van der Waals surface area (Å²) in [4.78, 5) is 47.9. The fourth-order valence-corrected chi connectivity index (χ4v) is 2.47. The first-order valence-corrected chi connectivity index (χ1v) is 9.61. The van der Waals surface area contributed by atoms with Gasteiger partial charge in [0.1, 0.15) is 18.1 Å². The number of aliphatic hydroxyl groups is 1. The third-order valence-corrected chi connectivity index (χ3v) is 4.08. The van der Waals surface area contributed by atoms with Gasteiger partial charge in [0.2, 0.25) is 24.0 Å². The van der Waals surface area contributed by atoms with E-state index in [-0.39, 0.29) is 11.8 Å². The van der Waals surface area contributed by atoms with E-state index in [0.717, 1.165) is 0 Å². The van der Waals surface area contributed by atoms with Crippen LogP contribution in [0.5, 0.6) is 0 Å². The third-order valence-electron chi connectivity index (χ3n) is 4.08. The predicted octanol–water partition coefficient (Wildman–Crippen LogP) is -0.629. The summed E-state index contributed by atoms with van der Waals surface area (Å²) < 4.78 is 0. The molecule has 0 saturated carbocycles. The Hall–Kier alpha value is -2.00. The highest BCUT2D eigenvalue weighted by molar-refractivity contribution is 5.93. The second-order valence-electron chi connectivity index (χ2n) is 8.00. The van der Waals surface area contributed by atoms with E-state index in [1.54, 1.807) is 0 Å². The minimum atomic E-state index is -1.16. The molecule has 0 heterocycles. The number of nitrogens with two attached hydrogens (primary N) is 1. The zero-order valence-electron chi connectivity index (χ0n) is 17.6. The molecule has 0 aromatic carbocycles. The normalized spacial score (nSPS) is 16.6. The Morgan fingerprint density at radius 3 is 1.82 bits per heavy atom. The number of hydrogen-bond acceptors (Lipinski definition) is 6. The largest absolute Gasteiger partial charge is 0.391 e. The first kappa shape index (κ1) is 26.0. The molecular weight excluding hydrogens is 364 g/mol. The van der Waals surface area contributed by atoms with E-state index < -0.39 is 48.0 Å². The number of hydrogen-bond donors (Lipinski definition) is 5. The second-order valence-corrected chi connectivity index (χ2v) is 8.00. The van der Waals surface area contributed by atoms with Crippen molar-refractivity contribution in [3.05, 3.63) is 0 Å². The lowest BCUT2D eigenvalue weighted by Gasteiger charge is -2.25. The van der Waals surface area contributed by atoms with Crippen LogP contribution in [0.15, 0.2) is 0 Å². The van der Waals surface area contributed by atoms with E-state index in [9.17, 15) is 24.3 Å². The van der Waals surface area contributed by atoms with Crippen LogP contribution in [0.4, 0.5) is 0 Å². The highest BCUT2D eigenvalue weighted by Crippen LogP contribution is 2.08. The standard InChI is InChI=1S/C19H35N4O5/c1-10(2)7-14(9-24)22-18(27)15(8-11(3)4)23-17(26)12(5)21-19(28)16(20)13(6)25/h10-16,25H,7-8,20H2,1-6H3,(H,21,28)(H,22,27)(H,23,26)/t12-,13+,14-,15-,16-/m0/s1. The highest BCUT2D eigenvalue weighted by Gasteiger charge is 2.28. The minimum Gasteiger partial charge on any atom is -0.391 e. The van der Waals surface area contributed by atoms with E-state index in [2.05, 4.69) is 16.0 Å². The third kappa shape index (κ3) is 9.80. The van der Waals surface area contributed by atoms with Crippen LogP contribution >= 0.6 is 0 Å². The predicted molar refractivity (Wildman–Crippen MR) is 106 cm³/mol. The monoisotopic (exact) mass is 399 g/mol. The van der Waals surface area contributed by atoms with Crippen LogP contribution in [0.25, 0.3) is 0 Å². The second kappa shape index (κ2) is 12.5. The number of carbonyl (C=O) groups excluding carboxylic acids is 4. The summed E-state index contributed by atoms with van der Waals surface area (Å²) >= 11 is 0. The molecule has 3 amide bonds. The van der Waals surface area contributed by atoms with Crippen molar-refractivity contribution in [1.29, 1.82) is 0 Å². The molecule has 0 fully saturated rings. The van der Waals surface area contributed by atoms with Crippen LogP contribution < -0.4 is 21.7 Å². The van der Waals surface area contributed by atoms with E-state index in [0.29, 0.717) is 12.8 Å². The van der Waals surface area contributed by atoms with Crippen LogP contribution in [0.3, 0.4) is 0 Å². The zero-order valence-corrected chi connectivity index (χ0v) is 17.6. The molecule has 161 valence electrons. The molecule has 5 atom stereocenters. The topological polar surface area (TPSA) is 151 Å². The Morgan fingerprint density at radius 2 is 1.39 bits per heavy atom. The molecule has 0 rings (SSSR count). The van der Waals surface area contributed by atoms with Crippen LogP contribution in [-0.4, -0.2) is 59.4 Å². The molecule has 0 saturated heterocycles. The molecule has 0 aliphatic heterocycles. The van der Waals surface area contributed by atoms with E-state index in [1.165, 1.54) is 13.8 Å². The summed E-state index contributed by atoms with van der Waals surface area (Å²) in [6.07, 6.45) is 1.55. The average Bonchev–Trinajstić information content (AvgIpc) is 2.58. The summed E-state index contributed by atoms with van der Waals surface area (Å²) in [6, 6.07) is -3.73. The maximum Gasteiger partial charge on any atom is 0.243 e. The zero-order chi connectivity index (χ0) is 22.0. The molecule has 28 heavy (non-hydrogen) atoms. The van der Waals surface area contributed by atoms with Gasteiger partial charge in [0.25, 0.3) is 0 Å². The number of nitrogens with one attached hydrogen (secondary N) is 3. The summed E-state index contributed by atoms with van der Waals surface area (Å²) in [6.45, 7) is 10.5. The summed E-state index contributed by atoms with van der Waals surface area (Å²) in [5.41, 5.74) is 5.54. The molecule has 0 aliphatic rings. The fraction of sp³-hybridized carbons (Fsp3) is 0.789. The summed E-state index contributed by atoms with van der Waals surface area (Å²) in [5.74, 6) is -1.42. The van der Waals surface area contributed by atoms with Crippen molar-refractivity contribution < 1.29 is 24.3 Å². The molecule has 9 heteroatoms. The lowest BCUT2D eigenvalue weighted by molar-refractivity contribution is -0.133. The minimum absolute atomic E-state index is 0.105. The van der Waals surface area contributed by atoms with Gasteiger partial charge in [-0.2, -0.15) is 0 Å². The van der Waals surface area contributed by atoms with Crippen LogP contribution in [0.1, 0.15) is 54.4 Å². The quantitative estimate of drug-likeness (QED) is 0.295. The number of carbonyl (C=O) groups is 3. The van der Waals surface area contributed by atoms with E-state index >= 15 is 0 Å². The maximum atomic E-state index is 12.6. The Kier molecular flexibility index (Phi) is 11.6. The lowest BCUT2D eigenvalue weighted by atomic mass is 10.0. The molecule has 1 radical (unpaired) electrons. The van der Waals surface area contributed by atoms with Crippen molar-refractivity contribution in [2.24, 2.45) is 17.6 Å². The van der Waals surface area contributed by atoms with Gasteiger partial charge in [-0.3, -0.25) is 19.2 Å². The van der Waals surface area contributed by atoms with Gasteiger partial charge >= 0.3 is 0 Å². The highest BCUT2D eigenvalue weighted by atomic mass is 16.3. The van der Waals surface area contributed by atoms with Gasteiger partial charge in [0, 0.05) is 0 Å². The fourth-order valence-electron chi connectivity index (χ4n) is 2.47. The van der Waals surface area contributed by atoms with Crippen LogP contribution in [0.2, 0.25) is 0 Å². The molecule has 9 nitrogen and oxygen atoms in total. The molecule has 0 aromatic heterocycles. The van der Waals surface area contributed by atoms with Crippen molar-refractivity contribution in [2.45, 2.75) is 84.7 Å². The van der Waals surface area contributed by atoms with Crippen molar-refractivity contribution in [2.75, 3.05) is 0 Å². The molecule has 0 unspecified atom stereocenters. The first-order chi connectivity index (χ1) is 12.9. The van der Waals surface area contributed by atoms with Gasteiger partial charge in [-0.1, -0.05) is 27.7 Å². The van der Waals surface area contributed by atoms with Crippen molar-refractivity contribution in [3.8, 4) is 0 Å². The van der Waals surface area contributed by atoms with Crippen molar-refractivity contribution in [1.82, 2.24) is 16.0 Å². The number of aliphatic hydroxyl groups excluding tert-OH is 1. The maximum absolute atomic E-state index is 12.6. The van der Waals surface area contributed by atoms with E-state index in [4.69, 9.17) is 5.73 Å². The number of amides is 3. The van der Waals surface area contributed by atoms with E-state index in [1.807, 2.05) is 34.0 Å². The van der Waals surface area contributed by atoms with Gasteiger partial charge in [-0.25, -0.2) is 0 Å². The Morgan fingerprint density at radius 1 is 0.857 bits per heavy atom. The Balaban J connectivity index is 5.01. The summed E-state index contributed by atoms with van der Waals surface area (Å²) in [5, 5.41) is 17.0. The van der Waals surface area contributed by atoms with Gasteiger partial charge < -0.3 is 26.8 Å². The molecule has 6 N–H and O–H groups in total. The van der Waals surface area contributed by atoms with Crippen LogP contribution in [-0.2, 0) is 19.2 Å². The molecule has 0 aliphatic carbocycles. The molecule has 0 spiro atoms. The van der Waals surface area contributed by atoms with Gasteiger partial charge in [-0.15, -0.1) is 0 Å². The smallest absolute Gasteiger partial charge is 0.243 e. The Bertz CT molecular complexity index is 536. The average molecular weight is 400 g/mol. The van der Waals surface area contributed by atoms with Crippen molar-refractivity contribution >= 4 is 24.0 Å². The van der Waals surface area contributed by atoms with Gasteiger partial charge in [0.05, 0.1) is 12.1 Å². The van der Waals surface area contributed by atoms with Crippen molar-refractivity contribution in [3.63, 3.8) is 0 Å². The Labute approximate surface area is 167 Å².